The number of aryl methyl sites for hydroxylation is 1. The standard InChI is InChI=1S/C13H12FNOS/c1-10-6-11(8-15-7-10)9-17(16)13-5-3-2-4-12(13)14/h2-8H,9H2,1H3. The maximum absolute atomic E-state index is 13.4. The van der Waals surface area contributed by atoms with Gasteiger partial charge < -0.3 is 0 Å². The molecule has 2 rings (SSSR count). The number of rotatable bonds is 3. The van der Waals surface area contributed by atoms with Gasteiger partial charge in [0.1, 0.15) is 5.82 Å². The molecule has 0 aliphatic carbocycles. The van der Waals surface area contributed by atoms with Crippen LogP contribution in [0.3, 0.4) is 0 Å². The summed E-state index contributed by atoms with van der Waals surface area (Å²) in [5.74, 6) is -0.137. The van der Waals surface area contributed by atoms with Gasteiger partial charge in [0.25, 0.3) is 0 Å². The van der Waals surface area contributed by atoms with Gasteiger partial charge in [-0.2, -0.15) is 0 Å². The molecule has 0 bridgehead atoms. The number of hydrogen-bond donors (Lipinski definition) is 0. The minimum atomic E-state index is -1.37. The third-order valence-electron chi connectivity index (χ3n) is 2.31. The molecule has 1 unspecified atom stereocenters. The molecule has 0 N–H and O–H groups in total. The highest BCUT2D eigenvalue weighted by atomic mass is 32.2. The Balaban J connectivity index is 2.20. The number of hydrogen-bond acceptors (Lipinski definition) is 2. The highest BCUT2D eigenvalue weighted by Crippen LogP contribution is 2.15. The van der Waals surface area contributed by atoms with E-state index in [-0.39, 0.29) is 10.6 Å². The normalized spacial score (nSPS) is 12.4. The lowest BCUT2D eigenvalue weighted by molar-refractivity contribution is 0.595. The van der Waals surface area contributed by atoms with Crippen LogP contribution in [-0.4, -0.2) is 9.19 Å². The van der Waals surface area contributed by atoms with E-state index in [1.807, 2.05) is 13.0 Å². The first-order valence-corrected chi connectivity index (χ1v) is 6.52. The fourth-order valence-corrected chi connectivity index (χ4v) is 2.69. The van der Waals surface area contributed by atoms with Crippen molar-refractivity contribution >= 4 is 10.8 Å². The Morgan fingerprint density at radius 3 is 2.76 bits per heavy atom. The minimum absolute atomic E-state index is 0.244. The van der Waals surface area contributed by atoms with Gasteiger partial charge in [-0.1, -0.05) is 18.2 Å². The number of nitrogens with zero attached hydrogens (tertiary/aromatic N) is 1. The molecule has 1 aromatic carbocycles. The molecule has 0 saturated heterocycles. The first-order valence-electron chi connectivity index (χ1n) is 5.20. The molecule has 0 spiro atoms. The van der Waals surface area contributed by atoms with Gasteiger partial charge in [0, 0.05) is 12.4 Å². The fraction of sp³-hybridized carbons (Fsp3) is 0.154. The highest BCUT2D eigenvalue weighted by Gasteiger charge is 2.10. The third-order valence-corrected chi connectivity index (χ3v) is 3.73. The van der Waals surface area contributed by atoms with E-state index in [0.29, 0.717) is 0 Å². The largest absolute Gasteiger partial charge is 0.264 e. The van der Waals surface area contributed by atoms with E-state index in [4.69, 9.17) is 0 Å². The van der Waals surface area contributed by atoms with Crippen molar-refractivity contribution < 1.29 is 8.60 Å². The minimum Gasteiger partial charge on any atom is -0.264 e. The maximum atomic E-state index is 13.4. The van der Waals surface area contributed by atoms with Crippen LogP contribution in [0, 0.1) is 12.7 Å². The molecule has 1 heterocycles. The molecule has 0 radical (unpaired) electrons. The molecule has 2 aromatic rings. The number of aromatic nitrogens is 1. The quantitative estimate of drug-likeness (QED) is 0.837. The molecule has 1 atom stereocenters. The van der Waals surface area contributed by atoms with E-state index in [9.17, 15) is 8.60 Å². The van der Waals surface area contributed by atoms with Crippen LogP contribution < -0.4 is 0 Å². The number of benzene rings is 1. The predicted octanol–water partition coefficient (Wildman–Crippen LogP) is 2.84. The van der Waals surface area contributed by atoms with Crippen LogP contribution in [0.15, 0.2) is 47.6 Å². The van der Waals surface area contributed by atoms with Crippen LogP contribution in [0.5, 0.6) is 0 Å². The number of pyridine rings is 1. The summed E-state index contributed by atoms with van der Waals surface area (Å²) in [6.07, 6.45) is 3.39. The van der Waals surface area contributed by atoms with Crippen molar-refractivity contribution in [3.05, 3.63) is 59.7 Å². The summed E-state index contributed by atoms with van der Waals surface area (Å²) in [5, 5.41) is 0. The zero-order valence-corrected chi connectivity index (χ0v) is 10.2. The molecule has 0 aliphatic heterocycles. The van der Waals surface area contributed by atoms with Crippen LogP contribution in [0.1, 0.15) is 11.1 Å². The fourth-order valence-electron chi connectivity index (χ4n) is 1.55. The van der Waals surface area contributed by atoms with Gasteiger partial charge in [0.05, 0.1) is 21.4 Å². The van der Waals surface area contributed by atoms with E-state index in [1.54, 1.807) is 30.6 Å². The Morgan fingerprint density at radius 1 is 1.29 bits per heavy atom. The average Bonchev–Trinajstić information content (AvgIpc) is 2.29. The summed E-state index contributed by atoms with van der Waals surface area (Å²) in [6, 6.07) is 8.05. The van der Waals surface area contributed by atoms with Crippen molar-refractivity contribution in [2.45, 2.75) is 17.6 Å². The second-order valence-electron chi connectivity index (χ2n) is 3.79. The van der Waals surface area contributed by atoms with Crippen molar-refractivity contribution in [2.75, 3.05) is 0 Å². The van der Waals surface area contributed by atoms with Crippen molar-refractivity contribution in [1.29, 1.82) is 0 Å². The highest BCUT2D eigenvalue weighted by molar-refractivity contribution is 7.84. The molecule has 1 aromatic heterocycles. The Kier molecular flexibility index (Phi) is 3.64. The van der Waals surface area contributed by atoms with Crippen molar-refractivity contribution in [1.82, 2.24) is 4.98 Å². The third kappa shape index (κ3) is 2.97. The lowest BCUT2D eigenvalue weighted by Crippen LogP contribution is -1.99. The van der Waals surface area contributed by atoms with Gasteiger partial charge in [-0.15, -0.1) is 0 Å². The van der Waals surface area contributed by atoms with E-state index in [0.717, 1.165) is 11.1 Å². The molecule has 0 fully saturated rings. The lowest BCUT2D eigenvalue weighted by atomic mass is 10.2. The van der Waals surface area contributed by atoms with Gasteiger partial charge in [0.2, 0.25) is 0 Å². The molecule has 88 valence electrons. The Labute approximate surface area is 102 Å². The van der Waals surface area contributed by atoms with Gasteiger partial charge in [-0.3, -0.25) is 9.19 Å². The summed E-state index contributed by atoms with van der Waals surface area (Å²) in [5.41, 5.74) is 1.86. The first-order chi connectivity index (χ1) is 8.16. The van der Waals surface area contributed by atoms with Gasteiger partial charge >= 0.3 is 0 Å². The SMILES string of the molecule is Cc1cncc(CS(=O)c2ccccc2F)c1. The summed E-state index contributed by atoms with van der Waals surface area (Å²) in [4.78, 5) is 4.27. The van der Waals surface area contributed by atoms with Gasteiger partial charge in [-0.05, 0) is 30.2 Å². The smallest absolute Gasteiger partial charge is 0.139 e. The molecular weight excluding hydrogens is 237 g/mol. The number of halogens is 1. The Hall–Kier alpha value is -1.55. The van der Waals surface area contributed by atoms with Crippen LogP contribution in [0.4, 0.5) is 4.39 Å². The van der Waals surface area contributed by atoms with Crippen LogP contribution in [0.2, 0.25) is 0 Å². The van der Waals surface area contributed by atoms with E-state index in [1.165, 1.54) is 6.07 Å². The van der Waals surface area contributed by atoms with E-state index in [2.05, 4.69) is 4.98 Å². The van der Waals surface area contributed by atoms with Gasteiger partial charge in [-0.25, -0.2) is 4.39 Å². The summed E-state index contributed by atoms with van der Waals surface area (Å²) >= 11 is 0. The van der Waals surface area contributed by atoms with Crippen LogP contribution in [0.25, 0.3) is 0 Å². The molecule has 4 heteroatoms. The monoisotopic (exact) mass is 249 g/mol. The molecule has 17 heavy (non-hydrogen) atoms. The van der Waals surface area contributed by atoms with Gasteiger partial charge in [0.15, 0.2) is 0 Å². The van der Waals surface area contributed by atoms with Crippen molar-refractivity contribution in [2.24, 2.45) is 0 Å². The topological polar surface area (TPSA) is 30.0 Å². The molecule has 0 saturated carbocycles. The van der Waals surface area contributed by atoms with E-state index < -0.39 is 16.6 Å². The summed E-state index contributed by atoms with van der Waals surface area (Å²) in [6.45, 7) is 1.92. The first kappa shape index (κ1) is 11.9. The van der Waals surface area contributed by atoms with Crippen LogP contribution in [-0.2, 0) is 16.6 Å². The molecule has 0 aliphatic rings. The van der Waals surface area contributed by atoms with Crippen LogP contribution >= 0.6 is 0 Å². The second-order valence-corrected chi connectivity index (χ2v) is 5.21. The molecule has 2 nitrogen and oxygen atoms in total. The Bertz CT molecular complexity index is 557. The van der Waals surface area contributed by atoms with Crippen molar-refractivity contribution in [3.8, 4) is 0 Å². The lowest BCUT2D eigenvalue weighted by Gasteiger charge is -2.04. The summed E-state index contributed by atoms with van der Waals surface area (Å²) in [7, 11) is -1.37. The maximum Gasteiger partial charge on any atom is 0.139 e. The Morgan fingerprint density at radius 2 is 2.06 bits per heavy atom. The zero-order valence-electron chi connectivity index (χ0n) is 9.39. The zero-order chi connectivity index (χ0) is 12.3. The molecular formula is C13H12FNOS. The average molecular weight is 249 g/mol. The van der Waals surface area contributed by atoms with Crippen molar-refractivity contribution in [3.63, 3.8) is 0 Å². The summed E-state index contributed by atoms with van der Waals surface area (Å²) < 4.78 is 25.4. The second kappa shape index (κ2) is 5.19. The molecule has 0 amide bonds. The van der Waals surface area contributed by atoms with E-state index >= 15 is 0 Å². The predicted molar refractivity (Wildman–Crippen MR) is 65.5 cm³/mol.